The van der Waals surface area contributed by atoms with Gasteiger partial charge in [-0.05, 0) is 44.0 Å². The summed E-state index contributed by atoms with van der Waals surface area (Å²) >= 11 is 3.41. The van der Waals surface area contributed by atoms with E-state index in [4.69, 9.17) is 0 Å². The second-order valence-electron chi connectivity index (χ2n) is 4.78. The van der Waals surface area contributed by atoms with Crippen LogP contribution in [-0.4, -0.2) is 18.5 Å². The van der Waals surface area contributed by atoms with E-state index in [0.717, 1.165) is 29.4 Å². The van der Waals surface area contributed by atoms with E-state index < -0.39 is 0 Å². The second kappa shape index (κ2) is 6.34. The third-order valence-electron chi connectivity index (χ3n) is 3.36. The average molecular weight is 311 g/mol. The largest absolute Gasteiger partial charge is 0.348 e. The standard InChI is InChI=1S/C14H19BrN2O/c1-10(11-5-7-12(15)8-6-11)17-14(18)13-4-2-3-9-16-13/h5-8,10,13,16H,2-4,9H2,1H3,(H,17,18)/t10?,13-/m0/s1. The van der Waals surface area contributed by atoms with Gasteiger partial charge in [0, 0.05) is 4.47 Å². The van der Waals surface area contributed by atoms with Crippen LogP contribution in [0.1, 0.15) is 37.8 Å². The normalized spacial score (nSPS) is 21.3. The number of hydrogen-bond acceptors (Lipinski definition) is 2. The van der Waals surface area contributed by atoms with Crippen LogP contribution in [0.4, 0.5) is 0 Å². The zero-order valence-corrected chi connectivity index (χ0v) is 12.2. The van der Waals surface area contributed by atoms with Gasteiger partial charge in [0.05, 0.1) is 12.1 Å². The van der Waals surface area contributed by atoms with Crippen LogP contribution in [-0.2, 0) is 4.79 Å². The summed E-state index contributed by atoms with van der Waals surface area (Å²) in [6, 6.07) is 8.09. The Morgan fingerprint density at radius 1 is 1.39 bits per heavy atom. The molecule has 1 aromatic rings. The van der Waals surface area contributed by atoms with Crippen molar-refractivity contribution in [3.05, 3.63) is 34.3 Å². The highest BCUT2D eigenvalue weighted by atomic mass is 79.9. The Kier molecular flexibility index (Phi) is 4.78. The third-order valence-corrected chi connectivity index (χ3v) is 3.88. The van der Waals surface area contributed by atoms with Gasteiger partial charge in [-0.15, -0.1) is 0 Å². The summed E-state index contributed by atoms with van der Waals surface area (Å²) in [5.74, 6) is 0.116. The maximum absolute atomic E-state index is 12.1. The SMILES string of the molecule is CC(NC(=O)[C@@H]1CCCCN1)c1ccc(Br)cc1. The summed E-state index contributed by atoms with van der Waals surface area (Å²) in [5.41, 5.74) is 1.13. The number of carbonyl (C=O) groups excluding carboxylic acids is 1. The number of hydrogen-bond donors (Lipinski definition) is 2. The van der Waals surface area contributed by atoms with Crippen LogP contribution in [0.2, 0.25) is 0 Å². The molecule has 0 aliphatic carbocycles. The molecule has 0 aromatic heterocycles. The summed E-state index contributed by atoms with van der Waals surface area (Å²) in [7, 11) is 0. The van der Waals surface area contributed by atoms with Crippen LogP contribution in [0.5, 0.6) is 0 Å². The Labute approximate surface area is 116 Å². The minimum atomic E-state index is -0.0170. The molecule has 3 nitrogen and oxygen atoms in total. The highest BCUT2D eigenvalue weighted by Gasteiger charge is 2.21. The Hall–Kier alpha value is -0.870. The summed E-state index contributed by atoms with van der Waals surface area (Å²) < 4.78 is 1.05. The summed E-state index contributed by atoms with van der Waals surface area (Å²) in [4.78, 5) is 12.1. The van der Waals surface area contributed by atoms with Gasteiger partial charge in [0.2, 0.25) is 5.91 Å². The number of nitrogens with one attached hydrogen (secondary N) is 2. The molecule has 0 bridgehead atoms. The predicted molar refractivity (Wildman–Crippen MR) is 76.3 cm³/mol. The van der Waals surface area contributed by atoms with Crippen molar-refractivity contribution in [2.75, 3.05) is 6.54 Å². The predicted octanol–water partition coefficient (Wildman–Crippen LogP) is 2.77. The van der Waals surface area contributed by atoms with Crippen LogP contribution >= 0.6 is 15.9 Å². The van der Waals surface area contributed by atoms with Crippen molar-refractivity contribution in [3.63, 3.8) is 0 Å². The number of halogens is 1. The summed E-state index contributed by atoms with van der Waals surface area (Å²) in [5, 5.41) is 6.33. The minimum Gasteiger partial charge on any atom is -0.348 e. The van der Waals surface area contributed by atoms with E-state index in [1.807, 2.05) is 31.2 Å². The van der Waals surface area contributed by atoms with Crippen molar-refractivity contribution < 1.29 is 4.79 Å². The number of amides is 1. The van der Waals surface area contributed by atoms with Crippen LogP contribution < -0.4 is 10.6 Å². The molecule has 0 saturated carbocycles. The Morgan fingerprint density at radius 3 is 2.72 bits per heavy atom. The fourth-order valence-electron chi connectivity index (χ4n) is 2.22. The molecule has 98 valence electrons. The fraction of sp³-hybridized carbons (Fsp3) is 0.500. The van der Waals surface area contributed by atoms with Gasteiger partial charge in [0.1, 0.15) is 0 Å². The van der Waals surface area contributed by atoms with Crippen molar-refractivity contribution in [1.82, 2.24) is 10.6 Å². The molecule has 1 aliphatic heterocycles. The highest BCUT2D eigenvalue weighted by Crippen LogP contribution is 2.17. The summed E-state index contributed by atoms with van der Waals surface area (Å²) in [6.45, 7) is 2.97. The van der Waals surface area contributed by atoms with Crippen molar-refractivity contribution in [3.8, 4) is 0 Å². The first-order valence-corrected chi connectivity index (χ1v) is 7.25. The van der Waals surface area contributed by atoms with E-state index in [-0.39, 0.29) is 18.0 Å². The molecule has 1 amide bonds. The molecule has 4 heteroatoms. The Morgan fingerprint density at radius 2 is 2.11 bits per heavy atom. The van der Waals surface area contributed by atoms with E-state index in [1.165, 1.54) is 6.42 Å². The number of rotatable bonds is 3. The van der Waals surface area contributed by atoms with Gasteiger partial charge in [0.15, 0.2) is 0 Å². The van der Waals surface area contributed by atoms with E-state index in [9.17, 15) is 4.79 Å². The van der Waals surface area contributed by atoms with Gasteiger partial charge in [-0.2, -0.15) is 0 Å². The van der Waals surface area contributed by atoms with Crippen molar-refractivity contribution >= 4 is 21.8 Å². The van der Waals surface area contributed by atoms with Gasteiger partial charge in [-0.3, -0.25) is 4.79 Å². The van der Waals surface area contributed by atoms with Gasteiger partial charge in [0.25, 0.3) is 0 Å². The minimum absolute atomic E-state index is 0.0170. The van der Waals surface area contributed by atoms with Crippen LogP contribution in [0, 0.1) is 0 Å². The molecule has 1 unspecified atom stereocenters. The van der Waals surface area contributed by atoms with Gasteiger partial charge in [-0.1, -0.05) is 34.5 Å². The Balaban J connectivity index is 1.91. The maximum Gasteiger partial charge on any atom is 0.237 e. The van der Waals surface area contributed by atoms with E-state index in [0.29, 0.717) is 0 Å². The van der Waals surface area contributed by atoms with Gasteiger partial charge < -0.3 is 10.6 Å². The lowest BCUT2D eigenvalue weighted by atomic mass is 10.0. The third kappa shape index (κ3) is 3.56. The van der Waals surface area contributed by atoms with Crippen molar-refractivity contribution in [2.45, 2.75) is 38.3 Å². The molecule has 2 N–H and O–H groups in total. The lowest BCUT2D eigenvalue weighted by Crippen LogP contribution is -2.47. The first-order chi connectivity index (χ1) is 8.66. The molecule has 1 saturated heterocycles. The monoisotopic (exact) mass is 310 g/mol. The van der Waals surface area contributed by atoms with Crippen molar-refractivity contribution in [1.29, 1.82) is 0 Å². The van der Waals surface area contributed by atoms with Gasteiger partial charge >= 0.3 is 0 Å². The zero-order valence-electron chi connectivity index (χ0n) is 10.6. The highest BCUT2D eigenvalue weighted by molar-refractivity contribution is 9.10. The molecule has 1 aliphatic rings. The molecule has 1 fully saturated rings. The van der Waals surface area contributed by atoms with Crippen LogP contribution in [0.25, 0.3) is 0 Å². The molecular weight excluding hydrogens is 292 g/mol. The van der Waals surface area contributed by atoms with Gasteiger partial charge in [-0.25, -0.2) is 0 Å². The molecule has 2 atom stereocenters. The second-order valence-corrected chi connectivity index (χ2v) is 5.70. The van der Waals surface area contributed by atoms with E-state index in [1.54, 1.807) is 0 Å². The smallest absolute Gasteiger partial charge is 0.237 e. The number of carbonyl (C=O) groups is 1. The molecule has 18 heavy (non-hydrogen) atoms. The molecule has 2 rings (SSSR count). The quantitative estimate of drug-likeness (QED) is 0.901. The van der Waals surface area contributed by atoms with E-state index in [2.05, 4.69) is 26.6 Å². The molecular formula is C14H19BrN2O. The zero-order chi connectivity index (χ0) is 13.0. The Bertz CT molecular complexity index is 399. The number of benzene rings is 1. The maximum atomic E-state index is 12.1. The van der Waals surface area contributed by atoms with Crippen LogP contribution in [0.15, 0.2) is 28.7 Å². The molecule has 0 spiro atoms. The lowest BCUT2D eigenvalue weighted by molar-refractivity contribution is -0.124. The van der Waals surface area contributed by atoms with E-state index >= 15 is 0 Å². The first kappa shape index (κ1) is 13.6. The molecule has 1 heterocycles. The topological polar surface area (TPSA) is 41.1 Å². The summed E-state index contributed by atoms with van der Waals surface area (Å²) in [6.07, 6.45) is 3.25. The lowest BCUT2D eigenvalue weighted by Gasteiger charge is -2.24. The van der Waals surface area contributed by atoms with Crippen molar-refractivity contribution in [2.24, 2.45) is 0 Å². The average Bonchev–Trinajstić information content (AvgIpc) is 2.40. The molecule has 0 radical (unpaired) electrons. The van der Waals surface area contributed by atoms with Crippen LogP contribution in [0.3, 0.4) is 0 Å². The fourth-order valence-corrected chi connectivity index (χ4v) is 2.49. The molecule has 1 aromatic carbocycles. The first-order valence-electron chi connectivity index (χ1n) is 6.46. The number of piperidine rings is 1.